The Morgan fingerprint density at radius 3 is 2.28 bits per heavy atom. The number of H-pyrrole nitrogens is 1. The molecule has 4 atom stereocenters. The van der Waals surface area contributed by atoms with Crippen LogP contribution in [0.4, 0.5) is 0 Å². The number of aromatic amines is 1. The molecule has 162 valence electrons. The molecular formula is C17H28N6O5S. The zero-order valence-electron chi connectivity index (χ0n) is 16.6. The van der Waals surface area contributed by atoms with Crippen LogP contribution in [0, 0.1) is 0 Å². The molecule has 0 aromatic carbocycles. The number of imidazole rings is 1. The van der Waals surface area contributed by atoms with Crippen molar-refractivity contribution in [1.82, 2.24) is 25.9 Å². The molecule has 12 heteroatoms. The number of carbonyl (C=O) groups is 4. The van der Waals surface area contributed by atoms with Gasteiger partial charge in [-0.25, -0.2) is 4.98 Å². The van der Waals surface area contributed by atoms with Crippen LogP contribution < -0.4 is 21.7 Å². The smallest absolute Gasteiger partial charge is 0.325 e. The van der Waals surface area contributed by atoms with Crippen LogP contribution in [0.1, 0.15) is 26.0 Å². The predicted octanol–water partition coefficient (Wildman–Crippen LogP) is -1.39. The van der Waals surface area contributed by atoms with Gasteiger partial charge in [-0.3, -0.25) is 19.2 Å². The van der Waals surface area contributed by atoms with Gasteiger partial charge in [-0.1, -0.05) is 0 Å². The number of carbonyl (C=O) groups excluding carboxylic acids is 3. The summed E-state index contributed by atoms with van der Waals surface area (Å²) < 4.78 is 0. The Morgan fingerprint density at radius 2 is 1.76 bits per heavy atom. The Hall–Kier alpha value is -2.60. The summed E-state index contributed by atoms with van der Waals surface area (Å²) in [6, 6.07) is -3.86. The van der Waals surface area contributed by atoms with Crippen molar-refractivity contribution in [2.45, 2.75) is 50.9 Å². The molecule has 0 spiro atoms. The van der Waals surface area contributed by atoms with Gasteiger partial charge in [0, 0.05) is 18.3 Å². The van der Waals surface area contributed by atoms with E-state index in [1.54, 1.807) is 0 Å². The van der Waals surface area contributed by atoms with Crippen molar-refractivity contribution in [2.24, 2.45) is 5.73 Å². The first-order valence-electron chi connectivity index (χ1n) is 9.01. The first-order chi connectivity index (χ1) is 13.6. The number of nitrogens with one attached hydrogen (secondary N) is 4. The lowest BCUT2D eigenvalue weighted by Gasteiger charge is -2.24. The van der Waals surface area contributed by atoms with Crippen LogP contribution in [-0.4, -0.2) is 74.9 Å². The van der Waals surface area contributed by atoms with Gasteiger partial charge in [-0.15, -0.1) is 0 Å². The van der Waals surface area contributed by atoms with E-state index in [-0.39, 0.29) is 6.42 Å². The van der Waals surface area contributed by atoms with E-state index >= 15 is 0 Å². The number of aromatic nitrogens is 2. The van der Waals surface area contributed by atoms with Gasteiger partial charge in [0.2, 0.25) is 17.7 Å². The average molecular weight is 429 g/mol. The fourth-order valence-electron chi connectivity index (χ4n) is 2.28. The van der Waals surface area contributed by atoms with Gasteiger partial charge in [0.15, 0.2) is 0 Å². The van der Waals surface area contributed by atoms with Gasteiger partial charge in [0.25, 0.3) is 0 Å². The highest BCUT2D eigenvalue weighted by atomic mass is 32.2. The number of carboxylic acids is 1. The van der Waals surface area contributed by atoms with Crippen LogP contribution in [0.15, 0.2) is 12.5 Å². The number of nitrogens with zero attached hydrogens (tertiary/aromatic N) is 1. The molecule has 3 amide bonds. The molecule has 0 saturated carbocycles. The summed E-state index contributed by atoms with van der Waals surface area (Å²) in [5.74, 6) is -2.33. The Kier molecular flexibility index (Phi) is 10.2. The van der Waals surface area contributed by atoms with Crippen LogP contribution in [-0.2, 0) is 25.6 Å². The van der Waals surface area contributed by atoms with Gasteiger partial charge >= 0.3 is 5.97 Å². The third-order valence-electron chi connectivity index (χ3n) is 4.00. The van der Waals surface area contributed by atoms with Crippen LogP contribution in [0.25, 0.3) is 0 Å². The summed E-state index contributed by atoms with van der Waals surface area (Å²) in [7, 11) is 0. The zero-order valence-corrected chi connectivity index (χ0v) is 17.4. The second-order valence-corrected chi connectivity index (χ2v) is 7.53. The van der Waals surface area contributed by atoms with Gasteiger partial charge in [0.05, 0.1) is 12.4 Å². The highest BCUT2D eigenvalue weighted by molar-refractivity contribution is 7.98. The van der Waals surface area contributed by atoms with Gasteiger partial charge in [-0.05, 0) is 32.3 Å². The Balaban J connectivity index is 2.92. The SMILES string of the molecule is CSCCC(NC(=O)C(Cc1cnc[nH]1)NC(=O)C(C)N)C(=O)NC(C)C(=O)O. The third kappa shape index (κ3) is 8.52. The van der Waals surface area contributed by atoms with Crippen LogP contribution >= 0.6 is 11.8 Å². The van der Waals surface area contributed by atoms with E-state index in [2.05, 4.69) is 25.9 Å². The fraction of sp³-hybridized carbons (Fsp3) is 0.588. The summed E-state index contributed by atoms with van der Waals surface area (Å²) in [6.45, 7) is 2.82. The van der Waals surface area contributed by atoms with Crippen LogP contribution in [0.3, 0.4) is 0 Å². The third-order valence-corrected chi connectivity index (χ3v) is 4.64. The van der Waals surface area contributed by atoms with E-state index in [1.807, 2.05) is 6.26 Å². The Labute approximate surface area is 173 Å². The highest BCUT2D eigenvalue weighted by Gasteiger charge is 2.29. The van der Waals surface area contributed by atoms with Gasteiger partial charge in [0.1, 0.15) is 18.1 Å². The quantitative estimate of drug-likeness (QED) is 0.235. The van der Waals surface area contributed by atoms with Crippen LogP contribution in [0.5, 0.6) is 0 Å². The molecule has 0 fully saturated rings. The minimum absolute atomic E-state index is 0.118. The number of aliphatic carboxylic acids is 1. The lowest BCUT2D eigenvalue weighted by atomic mass is 10.1. The number of nitrogens with two attached hydrogens (primary N) is 1. The molecule has 1 heterocycles. The maximum absolute atomic E-state index is 12.8. The molecule has 0 bridgehead atoms. The molecule has 1 aromatic rings. The molecule has 4 unspecified atom stereocenters. The highest BCUT2D eigenvalue weighted by Crippen LogP contribution is 2.05. The summed E-state index contributed by atoms with van der Waals surface area (Å²) in [6.07, 6.45) is 5.22. The average Bonchev–Trinajstić information content (AvgIpc) is 3.16. The number of carboxylic acid groups (broad SMARTS) is 1. The lowest BCUT2D eigenvalue weighted by Crippen LogP contribution is -2.57. The molecule has 0 saturated heterocycles. The normalized spacial score (nSPS) is 14.9. The molecule has 11 nitrogen and oxygen atoms in total. The molecule has 29 heavy (non-hydrogen) atoms. The van der Waals surface area contributed by atoms with E-state index in [0.717, 1.165) is 0 Å². The maximum atomic E-state index is 12.8. The fourth-order valence-corrected chi connectivity index (χ4v) is 2.75. The van der Waals surface area contributed by atoms with Gasteiger partial charge < -0.3 is 31.8 Å². The van der Waals surface area contributed by atoms with Gasteiger partial charge in [-0.2, -0.15) is 11.8 Å². The summed E-state index contributed by atoms with van der Waals surface area (Å²) >= 11 is 1.48. The first kappa shape index (κ1) is 24.4. The standard InChI is InChI=1S/C17H28N6O5S/c1-9(18)14(24)23-13(6-11-7-19-8-20-11)16(26)22-12(4-5-29-3)15(25)21-10(2)17(27)28/h7-10,12-13H,4-6,18H2,1-3H3,(H,19,20)(H,21,25)(H,22,26)(H,23,24)(H,27,28). The van der Waals surface area contributed by atoms with Crippen LogP contribution in [0.2, 0.25) is 0 Å². The number of amides is 3. The molecule has 0 radical (unpaired) electrons. The molecule has 1 rings (SSSR count). The largest absolute Gasteiger partial charge is 0.480 e. The van der Waals surface area contributed by atoms with E-state index in [0.29, 0.717) is 17.9 Å². The van der Waals surface area contributed by atoms with E-state index in [4.69, 9.17) is 10.8 Å². The second-order valence-electron chi connectivity index (χ2n) is 6.54. The van der Waals surface area contributed by atoms with Crippen molar-refractivity contribution >= 4 is 35.5 Å². The summed E-state index contributed by atoms with van der Waals surface area (Å²) in [5, 5.41) is 16.5. The van der Waals surface area contributed by atoms with E-state index in [9.17, 15) is 19.2 Å². The second kappa shape index (κ2) is 12.1. The van der Waals surface area contributed by atoms with E-state index in [1.165, 1.54) is 38.1 Å². The van der Waals surface area contributed by atoms with Crippen molar-refractivity contribution in [1.29, 1.82) is 0 Å². The maximum Gasteiger partial charge on any atom is 0.325 e. The molecule has 7 N–H and O–H groups in total. The number of rotatable bonds is 12. The minimum atomic E-state index is -1.19. The first-order valence-corrected chi connectivity index (χ1v) is 10.4. The molecule has 0 aliphatic carbocycles. The topological polar surface area (TPSA) is 179 Å². The molecular weight excluding hydrogens is 400 g/mol. The predicted molar refractivity (Wildman–Crippen MR) is 108 cm³/mol. The summed E-state index contributed by atoms with van der Waals surface area (Å²) in [4.78, 5) is 55.0. The molecule has 0 aliphatic rings. The molecule has 1 aromatic heterocycles. The summed E-state index contributed by atoms with van der Waals surface area (Å²) in [5.41, 5.74) is 6.18. The van der Waals surface area contributed by atoms with Crippen molar-refractivity contribution in [3.8, 4) is 0 Å². The zero-order chi connectivity index (χ0) is 22.0. The Morgan fingerprint density at radius 1 is 1.14 bits per heavy atom. The van der Waals surface area contributed by atoms with Crippen molar-refractivity contribution in [3.05, 3.63) is 18.2 Å². The molecule has 0 aliphatic heterocycles. The lowest BCUT2D eigenvalue weighted by molar-refractivity contribution is -0.141. The van der Waals surface area contributed by atoms with Crippen molar-refractivity contribution in [2.75, 3.05) is 12.0 Å². The Bertz CT molecular complexity index is 696. The monoisotopic (exact) mass is 428 g/mol. The number of hydrogen-bond acceptors (Lipinski definition) is 7. The van der Waals surface area contributed by atoms with Crippen molar-refractivity contribution < 1.29 is 24.3 Å². The van der Waals surface area contributed by atoms with Crippen molar-refractivity contribution in [3.63, 3.8) is 0 Å². The minimum Gasteiger partial charge on any atom is -0.480 e. The van der Waals surface area contributed by atoms with E-state index < -0.39 is 47.9 Å². The number of thioether (sulfide) groups is 1. The number of hydrogen-bond donors (Lipinski definition) is 6.